The first-order valence-corrected chi connectivity index (χ1v) is 10.6. The molecule has 6 heteroatoms. The predicted molar refractivity (Wildman–Crippen MR) is 102 cm³/mol. The molecule has 2 fully saturated rings. The third-order valence-corrected chi connectivity index (χ3v) is 6.33. The maximum atomic E-state index is 6.25. The summed E-state index contributed by atoms with van der Waals surface area (Å²) < 4.78 is 15.3. The summed E-state index contributed by atoms with van der Waals surface area (Å²) in [6.45, 7) is 7.80. The van der Waals surface area contributed by atoms with E-state index in [2.05, 4.69) is 44.7 Å². The number of fused-ring (bicyclic) bond motifs is 2. The number of rotatable bonds is 4. The van der Waals surface area contributed by atoms with Gasteiger partial charge in [0.1, 0.15) is 5.69 Å². The molecule has 25 heavy (non-hydrogen) atoms. The third kappa shape index (κ3) is 3.74. The fourth-order valence-corrected chi connectivity index (χ4v) is 4.90. The molecule has 0 N–H and O–H groups in total. The van der Waals surface area contributed by atoms with Gasteiger partial charge in [-0.1, -0.05) is 25.7 Å². The molecule has 2 saturated heterocycles. The van der Waals surface area contributed by atoms with Gasteiger partial charge in [0.05, 0.1) is 11.7 Å². The molecule has 4 atom stereocenters. The van der Waals surface area contributed by atoms with Crippen molar-refractivity contribution >= 4 is 23.1 Å². The van der Waals surface area contributed by atoms with E-state index in [0.29, 0.717) is 23.6 Å². The third-order valence-electron chi connectivity index (χ3n) is 5.12. The number of thiophene rings is 1. The summed E-state index contributed by atoms with van der Waals surface area (Å²) in [5.41, 5.74) is 2.11. The molecule has 0 aliphatic carbocycles. The van der Waals surface area contributed by atoms with Crippen molar-refractivity contribution in [2.45, 2.75) is 38.7 Å². The zero-order chi connectivity index (χ0) is 17.2. The summed E-state index contributed by atoms with van der Waals surface area (Å²) in [7, 11) is 0. The van der Waals surface area contributed by atoms with E-state index in [4.69, 9.17) is 4.74 Å². The summed E-state index contributed by atoms with van der Waals surface area (Å²) >= 11 is 2.93. The van der Waals surface area contributed by atoms with Crippen molar-refractivity contribution < 1.29 is 4.74 Å². The van der Waals surface area contributed by atoms with Gasteiger partial charge in [-0.15, -0.1) is 4.37 Å². The lowest BCUT2D eigenvalue weighted by atomic mass is 9.89. The Hall–Kier alpha value is -1.42. The van der Waals surface area contributed by atoms with Gasteiger partial charge in [-0.2, -0.15) is 15.7 Å². The van der Waals surface area contributed by atoms with Gasteiger partial charge in [0.15, 0.2) is 6.10 Å². The average molecular weight is 374 g/mol. The van der Waals surface area contributed by atoms with E-state index in [9.17, 15) is 0 Å². The second-order valence-electron chi connectivity index (χ2n) is 7.29. The summed E-state index contributed by atoms with van der Waals surface area (Å²) in [6.07, 6.45) is 2.43. The van der Waals surface area contributed by atoms with Crippen LogP contribution in [-0.2, 0) is 0 Å². The molecule has 2 bridgehead atoms. The first kappa shape index (κ1) is 17.0. The Bertz CT molecular complexity index is 759. The molecule has 2 aromatic rings. The molecular formula is C19H23N3OS2. The van der Waals surface area contributed by atoms with Gasteiger partial charge in [-0.25, -0.2) is 0 Å². The van der Waals surface area contributed by atoms with Crippen LogP contribution >= 0.6 is 23.1 Å². The molecule has 132 valence electrons. The molecule has 0 amide bonds. The van der Waals surface area contributed by atoms with Crippen molar-refractivity contribution in [2.24, 2.45) is 11.8 Å². The SMILES string of the molecule is CC(C)[C@H](C#Cc1ccsc1)Oc1nsnc1[C@H]1CN2CCC[C@H]1C2. The van der Waals surface area contributed by atoms with Crippen LogP contribution in [0.5, 0.6) is 5.88 Å². The Morgan fingerprint density at radius 3 is 3.00 bits per heavy atom. The van der Waals surface area contributed by atoms with E-state index in [0.717, 1.165) is 17.8 Å². The zero-order valence-electron chi connectivity index (χ0n) is 14.6. The molecule has 4 rings (SSSR count). The lowest BCUT2D eigenvalue weighted by molar-refractivity contribution is 0.196. The second kappa shape index (κ2) is 7.45. The van der Waals surface area contributed by atoms with Gasteiger partial charge in [0, 0.05) is 35.9 Å². The highest BCUT2D eigenvalue weighted by molar-refractivity contribution is 7.08. The van der Waals surface area contributed by atoms with Crippen molar-refractivity contribution in [2.75, 3.05) is 19.6 Å². The van der Waals surface area contributed by atoms with Crippen molar-refractivity contribution in [1.29, 1.82) is 0 Å². The fraction of sp³-hybridized carbons (Fsp3) is 0.579. The van der Waals surface area contributed by atoms with Crippen LogP contribution in [0.3, 0.4) is 0 Å². The van der Waals surface area contributed by atoms with Gasteiger partial charge < -0.3 is 9.64 Å². The first-order chi connectivity index (χ1) is 12.2. The number of nitrogens with zero attached hydrogens (tertiary/aromatic N) is 3. The highest BCUT2D eigenvalue weighted by atomic mass is 32.1. The zero-order valence-corrected chi connectivity index (χ0v) is 16.3. The van der Waals surface area contributed by atoms with Gasteiger partial charge >= 0.3 is 0 Å². The smallest absolute Gasteiger partial charge is 0.250 e. The van der Waals surface area contributed by atoms with E-state index in [-0.39, 0.29) is 6.10 Å². The summed E-state index contributed by atoms with van der Waals surface area (Å²) in [5, 5.41) is 4.11. The molecule has 0 saturated carbocycles. The minimum absolute atomic E-state index is 0.163. The predicted octanol–water partition coefficient (Wildman–Crippen LogP) is 3.86. The standard InChI is InChI=1S/C19H23N3OS2/c1-13(2)17(6-5-14-7-9-24-12-14)23-19-18(20-25-21-19)16-11-22-8-3-4-15(16)10-22/h7,9,12-13,15-17H,3-4,8,10-11H2,1-2H3/t15-,16-,17-/m0/s1. The topological polar surface area (TPSA) is 38.3 Å². The molecule has 1 unspecified atom stereocenters. The Labute approximate surface area is 157 Å². The Morgan fingerprint density at radius 2 is 2.24 bits per heavy atom. The van der Waals surface area contributed by atoms with Crippen LogP contribution in [0, 0.1) is 23.7 Å². The van der Waals surface area contributed by atoms with Crippen molar-refractivity contribution in [1.82, 2.24) is 13.6 Å². The highest BCUT2D eigenvalue weighted by Gasteiger charge is 2.39. The van der Waals surface area contributed by atoms with Crippen LogP contribution in [0.1, 0.15) is 43.9 Å². The maximum absolute atomic E-state index is 6.25. The monoisotopic (exact) mass is 373 g/mol. The molecule has 2 aromatic heterocycles. The lowest BCUT2D eigenvalue weighted by Gasteiger charge is -2.22. The van der Waals surface area contributed by atoms with Gasteiger partial charge in [-0.05, 0) is 36.8 Å². The summed E-state index contributed by atoms with van der Waals surface area (Å²) in [4.78, 5) is 2.55. The fourth-order valence-electron chi connectivity index (χ4n) is 3.76. The molecule has 4 heterocycles. The minimum atomic E-state index is -0.163. The Balaban J connectivity index is 1.53. The number of ether oxygens (including phenoxy) is 1. The largest absolute Gasteiger partial charge is 0.459 e. The first-order valence-electron chi connectivity index (χ1n) is 8.96. The van der Waals surface area contributed by atoms with Crippen LogP contribution in [0.4, 0.5) is 0 Å². The van der Waals surface area contributed by atoms with E-state index < -0.39 is 0 Å². The molecular weight excluding hydrogens is 350 g/mol. The number of piperidine rings is 1. The Morgan fingerprint density at radius 1 is 1.32 bits per heavy atom. The minimum Gasteiger partial charge on any atom is -0.459 e. The maximum Gasteiger partial charge on any atom is 0.250 e. The average Bonchev–Trinajstić information content (AvgIpc) is 3.32. The van der Waals surface area contributed by atoms with E-state index in [1.165, 1.54) is 37.7 Å². The van der Waals surface area contributed by atoms with Gasteiger partial charge in [-0.3, -0.25) is 0 Å². The van der Waals surface area contributed by atoms with Crippen LogP contribution < -0.4 is 4.74 Å². The highest BCUT2D eigenvalue weighted by Crippen LogP contribution is 2.41. The normalized spacial score (nSPS) is 26.3. The lowest BCUT2D eigenvalue weighted by Crippen LogP contribution is -2.25. The van der Waals surface area contributed by atoms with Crippen molar-refractivity contribution in [3.63, 3.8) is 0 Å². The van der Waals surface area contributed by atoms with E-state index in [1.54, 1.807) is 11.3 Å². The van der Waals surface area contributed by atoms with Crippen molar-refractivity contribution in [3.8, 4) is 17.7 Å². The summed E-state index contributed by atoms with van der Waals surface area (Å²) in [6, 6.07) is 2.04. The van der Waals surface area contributed by atoms with Crippen LogP contribution in [-0.4, -0.2) is 39.4 Å². The molecule has 0 radical (unpaired) electrons. The molecule has 2 aliphatic heterocycles. The summed E-state index contributed by atoms with van der Waals surface area (Å²) in [5.74, 6) is 8.69. The number of aromatic nitrogens is 2. The molecule has 0 aromatic carbocycles. The van der Waals surface area contributed by atoms with E-state index >= 15 is 0 Å². The van der Waals surface area contributed by atoms with E-state index in [1.807, 2.05) is 11.4 Å². The molecule has 0 spiro atoms. The number of hydrogen-bond acceptors (Lipinski definition) is 6. The van der Waals surface area contributed by atoms with Gasteiger partial charge in [0.25, 0.3) is 5.88 Å². The quantitative estimate of drug-likeness (QED) is 0.763. The molecule has 2 aliphatic rings. The van der Waals surface area contributed by atoms with Crippen LogP contribution in [0.25, 0.3) is 0 Å². The molecule has 4 nitrogen and oxygen atoms in total. The second-order valence-corrected chi connectivity index (χ2v) is 8.60. The van der Waals surface area contributed by atoms with Gasteiger partial charge in [0.2, 0.25) is 0 Å². The Kier molecular flexibility index (Phi) is 5.07. The van der Waals surface area contributed by atoms with Crippen LogP contribution in [0.15, 0.2) is 16.8 Å². The van der Waals surface area contributed by atoms with Crippen molar-refractivity contribution in [3.05, 3.63) is 28.1 Å². The number of hydrogen-bond donors (Lipinski definition) is 0. The van der Waals surface area contributed by atoms with Crippen LogP contribution in [0.2, 0.25) is 0 Å².